The summed E-state index contributed by atoms with van der Waals surface area (Å²) in [6, 6.07) is -0.00217. The minimum atomic E-state index is -0.00217. The smallest absolute Gasteiger partial charge is 0.240 e. The van der Waals surface area contributed by atoms with Gasteiger partial charge in [0.15, 0.2) is 0 Å². The van der Waals surface area contributed by atoms with E-state index in [-0.39, 0.29) is 16.7 Å². The van der Waals surface area contributed by atoms with Crippen molar-refractivity contribution < 1.29 is 4.79 Å². The van der Waals surface area contributed by atoms with Crippen LogP contribution in [0.2, 0.25) is 0 Å². The Morgan fingerprint density at radius 2 is 2.31 bits per heavy atom. The van der Waals surface area contributed by atoms with Crippen LogP contribution >= 0.6 is 11.8 Å². The van der Waals surface area contributed by atoms with Gasteiger partial charge >= 0.3 is 0 Å². The summed E-state index contributed by atoms with van der Waals surface area (Å²) in [4.78, 5) is 13.4. The van der Waals surface area contributed by atoms with E-state index in [0.29, 0.717) is 6.67 Å². The summed E-state index contributed by atoms with van der Waals surface area (Å²) < 4.78 is 0.154. The molecular weight excluding hydrogens is 184 g/mol. The Morgan fingerprint density at radius 3 is 2.69 bits per heavy atom. The molecule has 1 aliphatic rings. The van der Waals surface area contributed by atoms with E-state index in [2.05, 4.69) is 25.4 Å². The Bertz CT molecular complexity index is 206. The van der Waals surface area contributed by atoms with Gasteiger partial charge in [0.2, 0.25) is 5.91 Å². The fourth-order valence-electron chi connectivity index (χ4n) is 1.34. The first kappa shape index (κ1) is 10.9. The molecular formula is C9H18N2OS. The molecule has 13 heavy (non-hydrogen) atoms. The molecule has 1 amide bonds. The molecule has 76 valence electrons. The molecule has 3 nitrogen and oxygen atoms in total. The normalized spacial score (nSPS) is 24.2. The number of hydrogen-bond acceptors (Lipinski definition) is 3. The Kier molecular flexibility index (Phi) is 3.24. The molecule has 1 unspecified atom stereocenters. The van der Waals surface area contributed by atoms with Crippen LogP contribution in [0.15, 0.2) is 0 Å². The molecule has 1 rings (SSSR count). The minimum Gasteiger partial charge on any atom is -0.327 e. The molecule has 4 heteroatoms. The van der Waals surface area contributed by atoms with Crippen LogP contribution in [0.3, 0.4) is 0 Å². The van der Waals surface area contributed by atoms with E-state index in [1.54, 1.807) is 11.8 Å². The number of thioether (sulfide) groups is 1. The fraction of sp³-hybridized carbons (Fsp3) is 0.889. The highest BCUT2D eigenvalue weighted by Gasteiger charge is 2.31. The summed E-state index contributed by atoms with van der Waals surface area (Å²) in [6.45, 7) is 7.75. The highest BCUT2D eigenvalue weighted by atomic mass is 32.2. The fourth-order valence-corrected chi connectivity index (χ4v) is 1.63. The number of nitrogens with one attached hydrogen (secondary N) is 1. The maximum Gasteiger partial charge on any atom is 0.240 e. The maximum absolute atomic E-state index is 11.6. The van der Waals surface area contributed by atoms with E-state index in [1.807, 2.05) is 11.8 Å². The molecule has 1 heterocycles. The summed E-state index contributed by atoms with van der Waals surface area (Å²) in [5, 5.41) is 3.13. The van der Waals surface area contributed by atoms with Crippen molar-refractivity contribution in [2.45, 2.75) is 31.6 Å². The topological polar surface area (TPSA) is 32.3 Å². The Hall–Kier alpha value is -0.220. The third-order valence-corrected chi connectivity index (χ3v) is 3.63. The van der Waals surface area contributed by atoms with Crippen LogP contribution in [-0.4, -0.2) is 41.1 Å². The number of hydrogen-bond donors (Lipinski definition) is 1. The summed E-state index contributed by atoms with van der Waals surface area (Å²) in [5.41, 5.74) is 0. The van der Waals surface area contributed by atoms with Gasteiger partial charge in [0, 0.05) is 11.3 Å². The van der Waals surface area contributed by atoms with E-state index in [4.69, 9.17) is 0 Å². The molecule has 1 aliphatic heterocycles. The van der Waals surface area contributed by atoms with Crippen LogP contribution in [0.1, 0.15) is 20.8 Å². The SMILES string of the molecule is CSC(C)(C)CN1CNC(C)C1=O. The lowest BCUT2D eigenvalue weighted by Crippen LogP contribution is -2.38. The van der Waals surface area contributed by atoms with Crippen LogP contribution in [0, 0.1) is 0 Å². The van der Waals surface area contributed by atoms with Gasteiger partial charge in [0.25, 0.3) is 0 Å². The standard InChI is InChI=1S/C9H18N2OS/c1-7-8(12)11(6-10-7)5-9(2,3)13-4/h7,10H,5-6H2,1-4H3. The summed E-state index contributed by atoms with van der Waals surface area (Å²) in [7, 11) is 0. The minimum absolute atomic E-state index is 0.00217. The van der Waals surface area contributed by atoms with Crippen molar-refractivity contribution >= 4 is 17.7 Å². The highest BCUT2D eigenvalue weighted by Crippen LogP contribution is 2.23. The molecule has 1 atom stereocenters. The lowest BCUT2D eigenvalue weighted by molar-refractivity contribution is -0.128. The molecule has 1 fully saturated rings. The summed E-state index contributed by atoms with van der Waals surface area (Å²) >= 11 is 1.80. The zero-order chi connectivity index (χ0) is 10.1. The first-order chi connectivity index (χ1) is 5.96. The van der Waals surface area contributed by atoms with E-state index >= 15 is 0 Å². The maximum atomic E-state index is 11.6. The Labute approximate surface area is 84.2 Å². The van der Waals surface area contributed by atoms with Gasteiger partial charge in [-0.3, -0.25) is 10.1 Å². The van der Waals surface area contributed by atoms with Crippen LogP contribution in [-0.2, 0) is 4.79 Å². The molecule has 1 saturated heterocycles. The summed E-state index contributed by atoms with van der Waals surface area (Å²) in [6.07, 6.45) is 2.08. The average Bonchev–Trinajstić information content (AvgIpc) is 2.36. The van der Waals surface area contributed by atoms with Gasteiger partial charge in [-0.2, -0.15) is 11.8 Å². The van der Waals surface area contributed by atoms with Gasteiger partial charge < -0.3 is 4.90 Å². The first-order valence-electron chi connectivity index (χ1n) is 4.53. The second-order valence-electron chi connectivity index (χ2n) is 4.08. The lowest BCUT2D eigenvalue weighted by atomic mass is 10.2. The number of rotatable bonds is 3. The van der Waals surface area contributed by atoms with Crippen molar-refractivity contribution in [1.29, 1.82) is 0 Å². The third-order valence-electron chi connectivity index (χ3n) is 2.39. The second-order valence-corrected chi connectivity index (χ2v) is 5.60. The highest BCUT2D eigenvalue weighted by molar-refractivity contribution is 7.99. The predicted molar refractivity (Wildman–Crippen MR) is 56.8 cm³/mol. The predicted octanol–water partition coefficient (Wildman–Crippen LogP) is 0.906. The van der Waals surface area contributed by atoms with Gasteiger partial charge in [-0.1, -0.05) is 0 Å². The van der Waals surface area contributed by atoms with E-state index in [9.17, 15) is 4.79 Å². The van der Waals surface area contributed by atoms with Crippen molar-refractivity contribution in [1.82, 2.24) is 10.2 Å². The molecule has 0 bridgehead atoms. The quantitative estimate of drug-likeness (QED) is 0.738. The van der Waals surface area contributed by atoms with Crippen molar-refractivity contribution in [3.63, 3.8) is 0 Å². The molecule has 0 spiro atoms. The van der Waals surface area contributed by atoms with E-state index in [0.717, 1.165) is 6.54 Å². The number of amides is 1. The molecule has 0 aromatic rings. The van der Waals surface area contributed by atoms with Gasteiger partial charge in [-0.15, -0.1) is 0 Å². The second kappa shape index (κ2) is 3.88. The molecule has 1 N–H and O–H groups in total. The Balaban J connectivity index is 2.51. The summed E-state index contributed by atoms with van der Waals surface area (Å²) in [5.74, 6) is 0.224. The first-order valence-corrected chi connectivity index (χ1v) is 5.76. The van der Waals surface area contributed by atoms with Crippen molar-refractivity contribution in [2.75, 3.05) is 19.5 Å². The van der Waals surface area contributed by atoms with Crippen LogP contribution < -0.4 is 5.32 Å². The monoisotopic (exact) mass is 202 g/mol. The zero-order valence-corrected chi connectivity index (χ0v) is 9.57. The number of carbonyl (C=O) groups is 1. The molecule has 0 aromatic carbocycles. The van der Waals surface area contributed by atoms with E-state index < -0.39 is 0 Å². The van der Waals surface area contributed by atoms with E-state index in [1.165, 1.54) is 0 Å². The largest absolute Gasteiger partial charge is 0.327 e. The van der Waals surface area contributed by atoms with Gasteiger partial charge in [0.05, 0.1) is 12.7 Å². The zero-order valence-electron chi connectivity index (χ0n) is 8.76. The van der Waals surface area contributed by atoms with Crippen LogP contribution in [0.25, 0.3) is 0 Å². The molecule has 0 aromatic heterocycles. The third kappa shape index (κ3) is 2.61. The van der Waals surface area contributed by atoms with Crippen LogP contribution in [0.5, 0.6) is 0 Å². The Morgan fingerprint density at radius 1 is 1.69 bits per heavy atom. The van der Waals surface area contributed by atoms with Gasteiger partial charge in [0.1, 0.15) is 0 Å². The number of nitrogens with zero attached hydrogens (tertiary/aromatic N) is 1. The lowest BCUT2D eigenvalue weighted by Gasteiger charge is -2.27. The van der Waals surface area contributed by atoms with Crippen molar-refractivity contribution in [2.24, 2.45) is 0 Å². The van der Waals surface area contributed by atoms with Crippen molar-refractivity contribution in [3.05, 3.63) is 0 Å². The van der Waals surface area contributed by atoms with Crippen molar-refractivity contribution in [3.8, 4) is 0 Å². The molecule has 0 radical (unpaired) electrons. The number of carbonyl (C=O) groups excluding carboxylic acids is 1. The van der Waals surface area contributed by atoms with Gasteiger partial charge in [-0.05, 0) is 27.0 Å². The molecule has 0 aliphatic carbocycles. The molecule has 0 saturated carbocycles. The average molecular weight is 202 g/mol. The van der Waals surface area contributed by atoms with Crippen LogP contribution in [0.4, 0.5) is 0 Å². The van der Waals surface area contributed by atoms with Gasteiger partial charge in [-0.25, -0.2) is 0 Å².